The monoisotopic (exact) mass is 290 g/mol. The summed E-state index contributed by atoms with van der Waals surface area (Å²) in [5.74, 6) is -1.40. The molecule has 3 nitrogen and oxygen atoms in total. The molecule has 1 aromatic heterocycles. The molecular formula is C14H8Cl2N2O. The first kappa shape index (κ1) is 13.5. The molecule has 0 N–H and O–H groups in total. The lowest BCUT2D eigenvalue weighted by Crippen LogP contribution is -2.13. The van der Waals surface area contributed by atoms with Crippen molar-refractivity contribution >= 4 is 29.0 Å². The molecule has 0 amide bonds. The fraction of sp³-hybridized carbons (Fsp3) is 0.0714. The van der Waals surface area contributed by atoms with E-state index < -0.39 is 11.7 Å². The minimum absolute atomic E-state index is 0.158. The molecule has 1 atom stereocenters. The van der Waals surface area contributed by atoms with Crippen molar-refractivity contribution in [1.29, 1.82) is 5.26 Å². The fourth-order valence-corrected chi connectivity index (χ4v) is 2.05. The Bertz CT molecular complexity index is 650. The first-order valence-corrected chi connectivity index (χ1v) is 6.19. The molecule has 0 radical (unpaired) electrons. The first-order valence-electron chi connectivity index (χ1n) is 5.44. The average Bonchev–Trinajstić information content (AvgIpc) is 2.44. The maximum absolute atomic E-state index is 12.3. The molecule has 5 heteroatoms. The van der Waals surface area contributed by atoms with Gasteiger partial charge in [0, 0.05) is 11.8 Å². The topological polar surface area (TPSA) is 53.8 Å². The van der Waals surface area contributed by atoms with E-state index in [0.29, 0.717) is 5.69 Å². The van der Waals surface area contributed by atoms with Gasteiger partial charge in [-0.3, -0.25) is 9.78 Å². The molecule has 0 saturated heterocycles. The number of halogens is 2. The van der Waals surface area contributed by atoms with E-state index in [1.807, 2.05) is 6.07 Å². The second kappa shape index (κ2) is 5.83. The van der Waals surface area contributed by atoms with Gasteiger partial charge >= 0.3 is 0 Å². The first-order chi connectivity index (χ1) is 9.15. The van der Waals surface area contributed by atoms with Crippen LogP contribution < -0.4 is 0 Å². The fourth-order valence-electron chi connectivity index (χ4n) is 1.66. The lowest BCUT2D eigenvalue weighted by Gasteiger charge is -2.09. The van der Waals surface area contributed by atoms with Gasteiger partial charge in [-0.1, -0.05) is 35.3 Å². The molecule has 1 heterocycles. The summed E-state index contributed by atoms with van der Waals surface area (Å²) in [6.45, 7) is 0. The van der Waals surface area contributed by atoms with Gasteiger partial charge in [-0.05, 0) is 24.3 Å². The van der Waals surface area contributed by atoms with Crippen LogP contribution in [0.25, 0.3) is 0 Å². The van der Waals surface area contributed by atoms with Gasteiger partial charge in [0.05, 0.1) is 21.8 Å². The molecule has 2 aromatic rings. The van der Waals surface area contributed by atoms with Crippen LogP contribution in [0.4, 0.5) is 0 Å². The maximum Gasteiger partial charge on any atom is 0.187 e. The standard InChI is InChI=1S/C14H8Cl2N2O/c15-11-5-3-4-9(13(11)16)14(19)10(8-17)12-6-1-2-7-18-12/h1-7,10H. The Morgan fingerprint density at radius 3 is 2.63 bits per heavy atom. The van der Waals surface area contributed by atoms with Crippen molar-refractivity contribution in [2.24, 2.45) is 0 Å². The van der Waals surface area contributed by atoms with Gasteiger partial charge in [0.2, 0.25) is 0 Å². The van der Waals surface area contributed by atoms with Gasteiger partial charge in [-0.25, -0.2) is 0 Å². The number of hydrogen-bond acceptors (Lipinski definition) is 3. The number of benzene rings is 1. The van der Waals surface area contributed by atoms with Crippen LogP contribution in [0.5, 0.6) is 0 Å². The van der Waals surface area contributed by atoms with Crippen molar-refractivity contribution in [1.82, 2.24) is 4.98 Å². The quantitative estimate of drug-likeness (QED) is 0.806. The summed E-state index contributed by atoms with van der Waals surface area (Å²) in [5, 5.41) is 9.62. The van der Waals surface area contributed by atoms with E-state index >= 15 is 0 Å². The van der Waals surface area contributed by atoms with Crippen LogP contribution in [0, 0.1) is 11.3 Å². The number of nitrogens with zero attached hydrogens (tertiary/aromatic N) is 2. The van der Waals surface area contributed by atoms with Crippen LogP contribution in [0.3, 0.4) is 0 Å². The van der Waals surface area contributed by atoms with Crippen molar-refractivity contribution in [3.05, 3.63) is 63.9 Å². The van der Waals surface area contributed by atoms with Crippen LogP contribution in [0.15, 0.2) is 42.6 Å². The van der Waals surface area contributed by atoms with Crippen molar-refractivity contribution in [2.45, 2.75) is 5.92 Å². The van der Waals surface area contributed by atoms with E-state index in [0.717, 1.165) is 0 Å². The van der Waals surface area contributed by atoms with Gasteiger partial charge in [-0.15, -0.1) is 0 Å². The maximum atomic E-state index is 12.3. The number of rotatable bonds is 3. The number of carbonyl (C=O) groups excluding carboxylic acids is 1. The van der Waals surface area contributed by atoms with E-state index in [4.69, 9.17) is 23.2 Å². The van der Waals surface area contributed by atoms with E-state index in [-0.39, 0.29) is 15.6 Å². The molecule has 0 spiro atoms. The van der Waals surface area contributed by atoms with E-state index in [1.54, 1.807) is 36.4 Å². The van der Waals surface area contributed by atoms with Crippen LogP contribution in [0.1, 0.15) is 22.0 Å². The summed E-state index contributed by atoms with van der Waals surface area (Å²) in [6.07, 6.45) is 1.53. The zero-order chi connectivity index (χ0) is 13.8. The highest BCUT2D eigenvalue weighted by atomic mass is 35.5. The highest BCUT2D eigenvalue weighted by Crippen LogP contribution is 2.29. The number of carbonyl (C=O) groups is 1. The number of ketones is 1. The van der Waals surface area contributed by atoms with Gasteiger partial charge in [0.25, 0.3) is 0 Å². The lowest BCUT2D eigenvalue weighted by molar-refractivity contribution is 0.0977. The zero-order valence-electron chi connectivity index (χ0n) is 9.68. The van der Waals surface area contributed by atoms with Gasteiger partial charge in [0.15, 0.2) is 11.7 Å². The van der Waals surface area contributed by atoms with E-state index in [9.17, 15) is 10.1 Å². The number of hydrogen-bond donors (Lipinski definition) is 0. The normalized spacial score (nSPS) is 11.6. The molecule has 1 aromatic carbocycles. The van der Waals surface area contributed by atoms with E-state index in [2.05, 4.69) is 4.98 Å². The molecule has 0 fully saturated rings. The smallest absolute Gasteiger partial charge is 0.187 e. The predicted octanol–water partition coefficient (Wildman–Crippen LogP) is 3.88. The van der Waals surface area contributed by atoms with E-state index in [1.165, 1.54) is 6.20 Å². The number of Topliss-reactive ketones (excluding diaryl/α,β-unsaturated/α-hetero) is 1. The Labute approximate surface area is 120 Å². The second-order valence-corrected chi connectivity index (χ2v) is 4.57. The van der Waals surface area contributed by atoms with Crippen molar-refractivity contribution in [3.8, 4) is 6.07 Å². The Hall–Kier alpha value is -1.89. The summed E-state index contributed by atoms with van der Waals surface area (Å²) in [6, 6.07) is 11.8. The van der Waals surface area contributed by atoms with Crippen molar-refractivity contribution < 1.29 is 4.79 Å². The minimum atomic E-state index is -0.989. The van der Waals surface area contributed by atoms with Crippen molar-refractivity contribution in [3.63, 3.8) is 0 Å². The van der Waals surface area contributed by atoms with Crippen LogP contribution in [-0.4, -0.2) is 10.8 Å². The predicted molar refractivity (Wildman–Crippen MR) is 73.4 cm³/mol. The third kappa shape index (κ3) is 2.76. The van der Waals surface area contributed by atoms with Crippen LogP contribution in [-0.2, 0) is 0 Å². The molecule has 0 saturated carbocycles. The summed E-state index contributed by atoms with van der Waals surface area (Å²) in [7, 11) is 0. The van der Waals surface area contributed by atoms with Crippen LogP contribution >= 0.6 is 23.2 Å². The lowest BCUT2D eigenvalue weighted by atomic mass is 9.95. The zero-order valence-corrected chi connectivity index (χ0v) is 11.2. The Kier molecular flexibility index (Phi) is 4.16. The summed E-state index contributed by atoms with van der Waals surface area (Å²) in [4.78, 5) is 16.4. The minimum Gasteiger partial charge on any atom is -0.292 e. The van der Waals surface area contributed by atoms with Gasteiger partial charge < -0.3 is 0 Å². The molecule has 1 unspecified atom stereocenters. The summed E-state index contributed by atoms with van der Waals surface area (Å²) >= 11 is 11.9. The van der Waals surface area contributed by atoms with Gasteiger partial charge in [-0.2, -0.15) is 5.26 Å². The van der Waals surface area contributed by atoms with Crippen molar-refractivity contribution in [2.75, 3.05) is 0 Å². The average molecular weight is 291 g/mol. The highest BCUT2D eigenvalue weighted by molar-refractivity contribution is 6.44. The SMILES string of the molecule is N#CC(C(=O)c1cccc(Cl)c1Cl)c1ccccn1. The largest absolute Gasteiger partial charge is 0.292 e. The number of pyridine rings is 1. The van der Waals surface area contributed by atoms with Gasteiger partial charge in [0.1, 0.15) is 0 Å². The molecule has 94 valence electrons. The van der Waals surface area contributed by atoms with Crippen LogP contribution in [0.2, 0.25) is 10.0 Å². The molecule has 0 aliphatic heterocycles. The highest BCUT2D eigenvalue weighted by Gasteiger charge is 2.25. The molecule has 0 bridgehead atoms. The Morgan fingerprint density at radius 2 is 2.00 bits per heavy atom. The molecule has 0 aliphatic rings. The summed E-state index contributed by atoms with van der Waals surface area (Å²) < 4.78 is 0. The third-order valence-electron chi connectivity index (χ3n) is 2.59. The molecular weight excluding hydrogens is 283 g/mol. The number of aromatic nitrogens is 1. The third-order valence-corrected chi connectivity index (χ3v) is 3.41. The Morgan fingerprint density at radius 1 is 1.21 bits per heavy atom. The summed E-state index contributed by atoms with van der Waals surface area (Å²) in [5.41, 5.74) is 0.623. The Balaban J connectivity index is 2.43. The molecule has 2 rings (SSSR count). The molecule has 19 heavy (non-hydrogen) atoms. The molecule has 0 aliphatic carbocycles. The second-order valence-electron chi connectivity index (χ2n) is 3.78. The number of nitriles is 1.